The summed E-state index contributed by atoms with van der Waals surface area (Å²) in [6, 6.07) is 26.4. The van der Waals surface area contributed by atoms with E-state index < -0.39 is 10.0 Å². The number of hydrogen-bond donors (Lipinski definition) is 0. The Morgan fingerprint density at radius 3 is 2.38 bits per heavy atom. The minimum absolute atomic E-state index is 0.218. The zero-order valence-electron chi connectivity index (χ0n) is 21.8. The molecule has 0 amide bonds. The minimum Gasteiger partial charge on any atom is -0.379 e. The molecular formula is C30H26N6O3S. The summed E-state index contributed by atoms with van der Waals surface area (Å²) in [5, 5.41) is 15.0. The van der Waals surface area contributed by atoms with E-state index >= 15 is 0 Å². The van der Waals surface area contributed by atoms with Crippen LogP contribution in [0.1, 0.15) is 11.4 Å². The number of aryl methyl sites for hydroxylation is 1. The molecule has 1 saturated heterocycles. The first-order valence-corrected chi connectivity index (χ1v) is 14.3. The van der Waals surface area contributed by atoms with Gasteiger partial charge in [0, 0.05) is 37.5 Å². The number of nitrogens with zero attached hydrogens (tertiary/aromatic N) is 6. The van der Waals surface area contributed by atoms with Crippen LogP contribution in [0.15, 0.2) is 90.0 Å². The van der Waals surface area contributed by atoms with Crippen LogP contribution in [0.3, 0.4) is 0 Å². The van der Waals surface area contributed by atoms with E-state index in [9.17, 15) is 13.7 Å². The second-order valence-electron chi connectivity index (χ2n) is 9.41. The largest absolute Gasteiger partial charge is 0.379 e. The molecular weight excluding hydrogens is 524 g/mol. The fourth-order valence-corrected chi connectivity index (χ4v) is 6.25. The van der Waals surface area contributed by atoms with Gasteiger partial charge in [0.2, 0.25) is 10.0 Å². The lowest BCUT2D eigenvalue weighted by Gasteiger charge is -2.26. The van der Waals surface area contributed by atoms with Crippen LogP contribution in [0.5, 0.6) is 0 Å². The average Bonchev–Trinajstić information content (AvgIpc) is 3.58. The highest BCUT2D eigenvalue weighted by atomic mass is 32.2. The summed E-state index contributed by atoms with van der Waals surface area (Å²) in [5.41, 5.74) is 5.02. The SMILES string of the molecule is Cn1c(/C(C#N)=C/c2cn(-c3ccccc3)nc2-c2ccc(S(=O)(=O)N3CCOCC3)cc2)nc2ccccc21. The van der Waals surface area contributed by atoms with Gasteiger partial charge in [-0.25, -0.2) is 18.1 Å². The van der Waals surface area contributed by atoms with E-state index in [0.29, 0.717) is 49.0 Å². The molecule has 3 aromatic carbocycles. The Kier molecular flexibility index (Phi) is 6.77. The molecule has 1 aliphatic heterocycles. The van der Waals surface area contributed by atoms with E-state index in [-0.39, 0.29) is 4.90 Å². The molecule has 1 fully saturated rings. The molecule has 3 heterocycles. The first-order chi connectivity index (χ1) is 19.5. The molecule has 9 nitrogen and oxygen atoms in total. The van der Waals surface area contributed by atoms with Gasteiger partial charge in [0.1, 0.15) is 6.07 Å². The molecule has 0 unspecified atom stereocenters. The van der Waals surface area contributed by atoms with Gasteiger partial charge in [-0.1, -0.05) is 42.5 Å². The van der Waals surface area contributed by atoms with Crippen LogP contribution in [-0.2, 0) is 21.8 Å². The maximum absolute atomic E-state index is 13.1. The lowest BCUT2D eigenvalue weighted by molar-refractivity contribution is 0.0730. The zero-order valence-corrected chi connectivity index (χ0v) is 22.6. The van der Waals surface area contributed by atoms with E-state index in [1.165, 1.54) is 4.31 Å². The Labute approximate surface area is 232 Å². The first-order valence-electron chi connectivity index (χ1n) is 12.8. The normalized spacial score (nSPS) is 14.8. The molecule has 0 saturated carbocycles. The van der Waals surface area contributed by atoms with Crippen molar-refractivity contribution in [1.29, 1.82) is 5.26 Å². The molecule has 200 valence electrons. The zero-order chi connectivity index (χ0) is 27.7. The Morgan fingerprint density at radius 2 is 1.68 bits per heavy atom. The first kappa shape index (κ1) is 25.7. The van der Waals surface area contributed by atoms with Gasteiger partial charge in [-0.05, 0) is 42.5 Å². The Morgan fingerprint density at radius 1 is 0.975 bits per heavy atom. The molecule has 6 rings (SSSR count). The van der Waals surface area contributed by atoms with Crippen LogP contribution in [0.2, 0.25) is 0 Å². The van der Waals surface area contributed by atoms with Gasteiger partial charge in [0.15, 0.2) is 5.82 Å². The number of aromatic nitrogens is 4. The van der Waals surface area contributed by atoms with Crippen molar-refractivity contribution in [1.82, 2.24) is 23.6 Å². The van der Waals surface area contributed by atoms with Gasteiger partial charge in [0.25, 0.3) is 0 Å². The molecule has 0 aliphatic carbocycles. The summed E-state index contributed by atoms with van der Waals surface area (Å²) in [5.74, 6) is 0.550. The standard InChI is InChI=1S/C30H26N6O3S/c1-34-28-10-6-5-9-27(28)32-30(34)23(20-31)19-24-21-36(25-7-3-2-4-8-25)33-29(24)22-11-13-26(14-12-22)40(37,38)35-15-17-39-18-16-35/h2-14,19,21H,15-18H2,1H3/b23-19+. The van der Waals surface area contributed by atoms with Gasteiger partial charge >= 0.3 is 0 Å². The number of imidazole rings is 1. The second kappa shape index (κ2) is 10.5. The van der Waals surface area contributed by atoms with Crippen molar-refractivity contribution in [3.05, 3.63) is 96.4 Å². The van der Waals surface area contributed by atoms with Crippen molar-refractivity contribution in [2.24, 2.45) is 7.05 Å². The van der Waals surface area contributed by atoms with Crippen LogP contribution in [0.4, 0.5) is 0 Å². The molecule has 2 aromatic heterocycles. The van der Waals surface area contributed by atoms with Crippen LogP contribution < -0.4 is 0 Å². The van der Waals surface area contributed by atoms with Crippen LogP contribution in [-0.4, -0.2) is 58.4 Å². The number of allylic oxidation sites excluding steroid dienone is 1. The average molecular weight is 551 g/mol. The third kappa shape index (κ3) is 4.71. The summed E-state index contributed by atoms with van der Waals surface area (Å²) >= 11 is 0. The molecule has 5 aromatic rings. The molecule has 0 atom stereocenters. The van der Waals surface area contributed by atoms with Crippen LogP contribution >= 0.6 is 0 Å². The molecule has 0 N–H and O–H groups in total. The maximum atomic E-state index is 13.1. The van der Waals surface area contributed by atoms with Crippen molar-refractivity contribution in [2.75, 3.05) is 26.3 Å². The third-order valence-corrected chi connectivity index (χ3v) is 8.86. The number of hydrogen-bond acceptors (Lipinski definition) is 6. The predicted molar refractivity (Wildman–Crippen MR) is 153 cm³/mol. The number of nitriles is 1. The highest BCUT2D eigenvalue weighted by Gasteiger charge is 2.26. The lowest BCUT2D eigenvalue weighted by atomic mass is 10.1. The maximum Gasteiger partial charge on any atom is 0.243 e. The summed E-state index contributed by atoms with van der Waals surface area (Å²) in [6.07, 6.45) is 3.64. The van der Waals surface area contributed by atoms with E-state index in [0.717, 1.165) is 22.3 Å². The lowest BCUT2D eigenvalue weighted by Crippen LogP contribution is -2.40. The number of fused-ring (bicyclic) bond motifs is 1. The van der Waals surface area contributed by atoms with E-state index in [4.69, 9.17) is 14.8 Å². The van der Waals surface area contributed by atoms with Gasteiger partial charge in [-0.3, -0.25) is 0 Å². The number of sulfonamides is 1. The highest BCUT2D eigenvalue weighted by Crippen LogP contribution is 2.30. The van der Waals surface area contributed by atoms with Crippen molar-refractivity contribution in [3.8, 4) is 23.0 Å². The molecule has 1 aliphatic rings. The highest BCUT2D eigenvalue weighted by molar-refractivity contribution is 7.89. The quantitative estimate of drug-likeness (QED) is 0.288. The predicted octanol–water partition coefficient (Wildman–Crippen LogP) is 4.51. The van der Waals surface area contributed by atoms with Crippen molar-refractivity contribution in [3.63, 3.8) is 0 Å². The summed E-state index contributed by atoms with van der Waals surface area (Å²) in [7, 11) is -1.74. The number of morpholine rings is 1. The molecule has 10 heteroatoms. The summed E-state index contributed by atoms with van der Waals surface area (Å²) in [4.78, 5) is 4.91. The topological polar surface area (TPSA) is 106 Å². The number of para-hydroxylation sites is 3. The number of ether oxygens (including phenoxy) is 1. The van der Waals surface area contributed by atoms with Crippen LogP contribution in [0, 0.1) is 11.3 Å². The van der Waals surface area contributed by atoms with Gasteiger partial charge in [-0.2, -0.15) is 14.7 Å². The Balaban J connectivity index is 1.44. The minimum atomic E-state index is -3.62. The third-order valence-electron chi connectivity index (χ3n) is 6.95. The van der Waals surface area contributed by atoms with Crippen molar-refractivity contribution in [2.45, 2.75) is 4.90 Å². The number of rotatable bonds is 6. The summed E-state index contributed by atoms with van der Waals surface area (Å²) < 4.78 is 36.7. The van der Waals surface area contributed by atoms with Crippen molar-refractivity contribution >= 4 is 32.7 Å². The molecule has 0 spiro atoms. The van der Waals surface area contributed by atoms with Gasteiger partial charge in [-0.15, -0.1) is 0 Å². The molecule has 0 bridgehead atoms. The van der Waals surface area contributed by atoms with Gasteiger partial charge in [0.05, 0.1) is 46.1 Å². The molecule has 0 radical (unpaired) electrons. The van der Waals surface area contributed by atoms with Crippen molar-refractivity contribution < 1.29 is 13.2 Å². The molecule has 40 heavy (non-hydrogen) atoms. The van der Waals surface area contributed by atoms with E-state index in [1.807, 2.05) is 72.4 Å². The fraction of sp³-hybridized carbons (Fsp3) is 0.167. The number of benzene rings is 3. The monoisotopic (exact) mass is 550 g/mol. The smallest absolute Gasteiger partial charge is 0.243 e. The van der Waals surface area contributed by atoms with E-state index in [2.05, 4.69) is 6.07 Å². The Hall–Kier alpha value is -4.56. The summed E-state index contributed by atoms with van der Waals surface area (Å²) in [6.45, 7) is 1.44. The van der Waals surface area contributed by atoms with Gasteiger partial charge < -0.3 is 9.30 Å². The van der Waals surface area contributed by atoms with E-state index in [1.54, 1.807) is 35.0 Å². The Bertz CT molecular complexity index is 1860. The second-order valence-corrected chi connectivity index (χ2v) is 11.3. The fourth-order valence-electron chi connectivity index (χ4n) is 4.84. The van der Waals surface area contributed by atoms with Crippen LogP contribution in [0.25, 0.3) is 39.6 Å².